The van der Waals surface area contributed by atoms with Crippen LogP contribution in [-0.4, -0.2) is 30.9 Å². The van der Waals surface area contributed by atoms with Crippen molar-refractivity contribution in [1.82, 2.24) is 0 Å². The van der Waals surface area contributed by atoms with Gasteiger partial charge < -0.3 is 15.8 Å². The topological polar surface area (TPSA) is 64.4 Å². The molecule has 5 heteroatoms. The van der Waals surface area contributed by atoms with E-state index in [1.165, 1.54) is 4.90 Å². The number of nitrogens with two attached hydrogens (primary N) is 1. The average molecular weight is 266 g/mol. The first kappa shape index (κ1) is 13.4. The lowest BCUT2D eigenvalue weighted by Gasteiger charge is -2.12. The fourth-order valence-corrected chi connectivity index (χ4v) is 2.38. The van der Waals surface area contributed by atoms with Crippen LogP contribution >= 0.6 is 11.8 Å². The van der Waals surface area contributed by atoms with Crippen LogP contribution in [0.25, 0.3) is 0 Å². The third-order valence-electron chi connectivity index (χ3n) is 3.02. The summed E-state index contributed by atoms with van der Waals surface area (Å²) in [6.07, 6.45) is 3.29. The molecule has 1 aliphatic rings. The number of hydrogen-bond donors (Lipinski definition) is 2. The number of hydrogen-bond acceptors (Lipinski definition) is 4. The summed E-state index contributed by atoms with van der Waals surface area (Å²) in [7, 11) is 0. The first-order valence-corrected chi connectivity index (χ1v) is 7.26. The van der Waals surface area contributed by atoms with Crippen LogP contribution in [0.4, 0.5) is 5.69 Å². The predicted octanol–water partition coefficient (Wildman–Crippen LogP) is 1.85. The first-order chi connectivity index (χ1) is 8.72. The van der Waals surface area contributed by atoms with Gasteiger partial charge in [0.2, 0.25) is 0 Å². The molecule has 98 valence electrons. The van der Waals surface area contributed by atoms with E-state index in [0.29, 0.717) is 6.54 Å². The predicted molar refractivity (Wildman–Crippen MR) is 73.8 cm³/mol. The molecule has 18 heavy (non-hydrogen) atoms. The zero-order valence-corrected chi connectivity index (χ0v) is 11.2. The van der Waals surface area contributed by atoms with Crippen LogP contribution in [0.5, 0.6) is 0 Å². The minimum atomic E-state index is -0.362. The third kappa shape index (κ3) is 3.25. The number of carbonyl (C=O) groups excluding carboxylic acids is 1. The molecule has 0 aromatic heterocycles. The van der Waals surface area contributed by atoms with Crippen molar-refractivity contribution in [3.05, 3.63) is 24.3 Å². The molecule has 1 fully saturated rings. The van der Waals surface area contributed by atoms with Gasteiger partial charge in [-0.05, 0) is 43.4 Å². The summed E-state index contributed by atoms with van der Waals surface area (Å²) in [6.45, 7) is 0.478. The molecule has 1 aromatic rings. The first-order valence-electron chi connectivity index (χ1n) is 6.03. The highest BCUT2D eigenvalue weighted by Crippen LogP contribution is 2.21. The molecular formula is C13H18N2O2S. The number of benzene rings is 1. The zero-order chi connectivity index (χ0) is 13.0. The van der Waals surface area contributed by atoms with Crippen LogP contribution in [-0.2, 0) is 9.53 Å². The highest BCUT2D eigenvalue weighted by molar-refractivity contribution is 7.98. The van der Waals surface area contributed by atoms with Crippen molar-refractivity contribution in [3.8, 4) is 0 Å². The number of ether oxygens (including phenoxy) is 1. The van der Waals surface area contributed by atoms with Crippen LogP contribution in [0.2, 0.25) is 0 Å². The summed E-state index contributed by atoms with van der Waals surface area (Å²) >= 11 is 1.67. The Hall–Kier alpha value is -1.04. The molecule has 1 saturated heterocycles. The highest BCUT2D eigenvalue weighted by Gasteiger charge is 2.29. The molecule has 0 saturated carbocycles. The normalized spacial score (nSPS) is 23.0. The Morgan fingerprint density at radius 1 is 1.44 bits per heavy atom. The van der Waals surface area contributed by atoms with Crippen LogP contribution in [0.1, 0.15) is 12.8 Å². The van der Waals surface area contributed by atoms with Crippen molar-refractivity contribution in [2.24, 2.45) is 5.73 Å². The molecule has 1 aromatic carbocycles. The summed E-state index contributed by atoms with van der Waals surface area (Å²) in [4.78, 5) is 13.1. The van der Waals surface area contributed by atoms with Crippen molar-refractivity contribution >= 4 is 23.4 Å². The summed E-state index contributed by atoms with van der Waals surface area (Å²) < 4.78 is 5.55. The molecule has 0 bridgehead atoms. The molecule has 0 aliphatic carbocycles. The van der Waals surface area contributed by atoms with Crippen LogP contribution < -0.4 is 11.1 Å². The number of carbonyl (C=O) groups is 1. The monoisotopic (exact) mass is 266 g/mol. The Balaban J connectivity index is 1.90. The Labute approximate surface area is 111 Å². The van der Waals surface area contributed by atoms with Gasteiger partial charge >= 0.3 is 0 Å². The Morgan fingerprint density at radius 2 is 2.17 bits per heavy atom. The maximum absolute atomic E-state index is 11.9. The number of thioether (sulfide) groups is 1. The lowest BCUT2D eigenvalue weighted by molar-refractivity contribution is -0.126. The Kier molecular flexibility index (Phi) is 4.63. The minimum Gasteiger partial charge on any atom is -0.364 e. The second-order valence-corrected chi connectivity index (χ2v) is 5.16. The van der Waals surface area contributed by atoms with Crippen molar-refractivity contribution in [2.75, 3.05) is 18.1 Å². The van der Waals surface area contributed by atoms with Gasteiger partial charge in [-0.25, -0.2) is 0 Å². The fourth-order valence-electron chi connectivity index (χ4n) is 1.97. The summed E-state index contributed by atoms with van der Waals surface area (Å²) in [5, 5.41) is 2.87. The van der Waals surface area contributed by atoms with Crippen molar-refractivity contribution in [1.29, 1.82) is 0 Å². The number of anilines is 1. The molecule has 4 nitrogen and oxygen atoms in total. The lowest BCUT2D eigenvalue weighted by Crippen LogP contribution is -2.29. The molecule has 3 N–H and O–H groups in total. The second kappa shape index (κ2) is 6.22. The van der Waals surface area contributed by atoms with Gasteiger partial charge in [-0.1, -0.05) is 0 Å². The molecule has 2 atom stereocenters. The highest BCUT2D eigenvalue weighted by atomic mass is 32.2. The van der Waals surface area contributed by atoms with Gasteiger partial charge in [0.05, 0.1) is 6.10 Å². The Morgan fingerprint density at radius 3 is 2.72 bits per heavy atom. The smallest absolute Gasteiger partial charge is 0.253 e. The van der Waals surface area contributed by atoms with Gasteiger partial charge in [0.1, 0.15) is 6.10 Å². The van der Waals surface area contributed by atoms with E-state index in [1.807, 2.05) is 30.5 Å². The molecule has 2 unspecified atom stereocenters. The van der Waals surface area contributed by atoms with E-state index in [1.54, 1.807) is 11.8 Å². The van der Waals surface area contributed by atoms with E-state index in [4.69, 9.17) is 10.5 Å². The number of nitrogens with one attached hydrogen (secondary N) is 1. The minimum absolute atomic E-state index is 0.0274. The van der Waals surface area contributed by atoms with Gasteiger partial charge in [0, 0.05) is 17.1 Å². The Bertz CT molecular complexity index is 408. The van der Waals surface area contributed by atoms with E-state index in [2.05, 4.69) is 5.32 Å². The maximum Gasteiger partial charge on any atom is 0.253 e. The largest absolute Gasteiger partial charge is 0.364 e. The van der Waals surface area contributed by atoms with Crippen molar-refractivity contribution in [3.63, 3.8) is 0 Å². The number of amides is 1. The molecule has 1 aliphatic heterocycles. The molecule has 1 amide bonds. The standard InChI is InChI=1S/C13H18N2O2S/c1-18-11-5-2-9(3-6-11)15-13(16)12-7-4-10(8-14)17-12/h2-3,5-6,10,12H,4,7-8,14H2,1H3,(H,15,16). The molecule has 1 heterocycles. The lowest BCUT2D eigenvalue weighted by atomic mass is 10.2. The third-order valence-corrected chi connectivity index (χ3v) is 3.76. The quantitative estimate of drug-likeness (QED) is 0.816. The van der Waals surface area contributed by atoms with Crippen molar-refractivity contribution < 1.29 is 9.53 Å². The van der Waals surface area contributed by atoms with Gasteiger partial charge in [-0.2, -0.15) is 0 Å². The van der Waals surface area contributed by atoms with Gasteiger partial charge in [-0.15, -0.1) is 11.8 Å². The van der Waals surface area contributed by atoms with Gasteiger partial charge in [-0.3, -0.25) is 4.79 Å². The van der Waals surface area contributed by atoms with E-state index in [-0.39, 0.29) is 18.1 Å². The van der Waals surface area contributed by atoms with E-state index < -0.39 is 0 Å². The van der Waals surface area contributed by atoms with Crippen LogP contribution in [0, 0.1) is 0 Å². The summed E-state index contributed by atoms with van der Waals surface area (Å²) in [6, 6.07) is 7.77. The fraction of sp³-hybridized carbons (Fsp3) is 0.462. The summed E-state index contributed by atoms with van der Waals surface area (Å²) in [5.74, 6) is -0.0807. The average Bonchev–Trinajstić information content (AvgIpc) is 2.88. The molecule has 0 radical (unpaired) electrons. The van der Waals surface area contributed by atoms with Crippen LogP contribution in [0.15, 0.2) is 29.2 Å². The number of rotatable bonds is 4. The SMILES string of the molecule is CSc1ccc(NC(=O)C2CCC(CN)O2)cc1. The molecule has 0 spiro atoms. The van der Waals surface area contributed by atoms with Crippen molar-refractivity contribution in [2.45, 2.75) is 29.9 Å². The van der Waals surface area contributed by atoms with Crippen LogP contribution in [0.3, 0.4) is 0 Å². The van der Waals surface area contributed by atoms with Gasteiger partial charge in [0.15, 0.2) is 0 Å². The van der Waals surface area contributed by atoms with E-state index >= 15 is 0 Å². The molecule has 2 rings (SSSR count). The van der Waals surface area contributed by atoms with E-state index in [0.717, 1.165) is 18.5 Å². The zero-order valence-electron chi connectivity index (χ0n) is 10.4. The van der Waals surface area contributed by atoms with Gasteiger partial charge in [0.25, 0.3) is 5.91 Å². The second-order valence-electron chi connectivity index (χ2n) is 4.28. The van der Waals surface area contributed by atoms with E-state index in [9.17, 15) is 4.79 Å². The summed E-state index contributed by atoms with van der Waals surface area (Å²) in [5.41, 5.74) is 6.33. The molecular weight excluding hydrogens is 248 g/mol. The maximum atomic E-state index is 11.9.